The van der Waals surface area contributed by atoms with Gasteiger partial charge in [0.15, 0.2) is 11.5 Å². The van der Waals surface area contributed by atoms with E-state index in [-0.39, 0.29) is 61.0 Å². The minimum Gasteiger partial charge on any atom is -0.668 e. The molecule has 0 aliphatic rings. The molecule has 3 unspecified atom stereocenters. The van der Waals surface area contributed by atoms with Crippen molar-refractivity contribution in [2.24, 2.45) is 11.8 Å². The number of hydrogen-bond donors (Lipinski definition) is 4. The summed E-state index contributed by atoms with van der Waals surface area (Å²) < 4.78 is 5.50. The molecular formula is C33H44N3O6-. The van der Waals surface area contributed by atoms with E-state index >= 15 is 0 Å². The number of Topliss-reactive ketones (excluding diaryl/α,β-unsaturated/α-hetero) is 2. The monoisotopic (exact) mass is 578 g/mol. The van der Waals surface area contributed by atoms with Crippen LogP contribution in [0.3, 0.4) is 0 Å². The molecule has 9 heteroatoms. The molecule has 0 spiro atoms. The van der Waals surface area contributed by atoms with Gasteiger partial charge in [-0.1, -0.05) is 31.5 Å². The number of aryl methyl sites for hydroxylation is 1. The molecule has 5 N–H and O–H groups in total. The van der Waals surface area contributed by atoms with Gasteiger partial charge in [0.25, 0.3) is 0 Å². The number of ether oxygens (including phenoxy) is 1. The largest absolute Gasteiger partial charge is 0.668 e. The van der Waals surface area contributed by atoms with Crippen LogP contribution in [0, 0.1) is 11.8 Å². The van der Waals surface area contributed by atoms with E-state index in [1.165, 1.54) is 7.11 Å². The average Bonchev–Trinajstić information content (AvgIpc) is 3.49. The number of carbonyl (C=O) groups excluding carboxylic acids is 2. The number of aliphatic hydroxyl groups is 2. The molecule has 1 aromatic carbocycles. The van der Waals surface area contributed by atoms with E-state index in [9.17, 15) is 24.9 Å². The summed E-state index contributed by atoms with van der Waals surface area (Å²) in [5.74, 6) is -0.331. The van der Waals surface area contributed by atoms with Gasteiger partial charge in [-0.05, 0) is 73.3 Å². The van der Waals surface area contributed by atoms with Gasteiger partial charge in [0.1, 0.15) is 17.4 Å². The van der Waals surface area contributed by atoms with Gasteiger partial charge in [0.05, 0.1) is 13.5 Å². The smallest absolute Gasteiger partial charge is 0.161 e. The molecule has 0 saturated carbocycles. The third-order valence-corrected chi connectivity index (χ3v) is 7.79. The molecule has 0 fully saturated rings. The number of phenolic OH excluding ortho intramolecular Hbond substituents is 1. The van der Waals surface area contributed by atoms with Gasteiger partial charge in [-0.3, -0.25) is 9.59 Å². The van der Waals surface area contributed by atoms with Gasteiger partial charge in [0, 0.05) is 43.7 Å². The second-order valence-electron chi connectivity index (χ2n) is 11.0. The fourth-order valence-corrected chi connectivity index (χ4v) is 5.61. The number of aliphatic hydroxyl groups excluding tert-OH is 2. The van der Waals surface area contributed by atoms with E-state index in [1.807, 2.05) is 18.2 Å². The van der Waals surface area contributed by atoms with Crippen molar-refractivity contribution in [1.29, 1.82) is 0 Å². The zero-order chi connectivity index (χ0) is 30.5. The highest BCUT2D eigenvalue weighted by Gasteiger charge is 2.29. The van der Waals surface area contributed by atoms with Crippen molar-refractivity contribution in [2.45, 2.75) is 70.6 Å². The lowest BCUT2D eigenvalue weighted by atomic mass is 9.78. The number of anilines is 1. The lowest BCUT2D eigenvalue weighted by Gasteiger charge is -2.29. The quantitative estimate of drug-likeness (QED) is 0.152. The minimum atomic E-state index is -0.474. The highest BCUT2D eigenvalue weighted by molar-refractivity contribution is 5.99. The predicted molar refractivity (Wildman–Crippen MR) is 161 cm³/mol. The maximum atomic E-state index is 12.7. The van der Waals surface area contributed by atoms with Crippen molar-refractivity contribution in [3.8, 4) is 11.5 Å². The number of aromatic hydroxyl groups is 1. The number of ketones is 2. The highest BCUT2D eigenvalue weighted by atomic mass is 16.5. The predicted octanol–water partition coefficient (Wildman–Crippen LogP) is 4.36. The van der Waals surface area contributed by atoms with Crippen LogP contribution in [0.4, 0.5) is 5.82 Å². The number of phenols is 1. The Bertz CT molecular complexity index is 1280. The Labute approximate surface area is 248 Å². The van der Waals surface area contributed by atoms with Crippen LogP contribution in [-0.4, -0.2) is 52.2 Å². The molecule has 0 aliphatic carbocycles. The molecule has 0 aliphatic heterocycles. The van der Waals surface area contributed by atoms with Gasteiger partial charge in [-0.15, -0.1) is 0 Å². The summed E-state index contributed by atoms with van der Waals surface area (Å²) in [6, 6.07) is 10.8. The molecule has 42 heavy (non-hydrogen) atoms. The van der Waals surface area contributed by atoms with E-state index in [4.69, 9.17) is 10.5 Å². The van der Waals surface area contributed by atoms with E-state index in [1.54, 1.807) is 30.6 Å². The number of hydrogen-bond acceptors (Lipinski definition) is 8. The van der Waals surface area contributed by atoms with Gasteiger partial charge in [-0.2, -0.15) is 11.9 Å². The molecule has 3 rings (SSSR count). The molecule has 0 radical (unpaired) electrons. The van der Waals surface area contributed by atoms with Crippen LogP contribution < -0.4 is 15.5 Å². The van der Waals surface area contributed by atoms with E-state index in [0.29, 0.717) is 37.1 Å². The molecule has 2 heterocycles. The van der Waals surface area contributed by atoms with Crippen LogP contribution in [0.5, 0.6) is 11.5 Å². The lowest BCUT2D eigenvalue weighted by molar-refractivity contribution is -0.127. The summed E-state index contributed by atoms with van der Waals surface area (Å²) in [5.41, 5.74) is 8.90. The number of rotatable bonds is 19. The summed E-state index contributed by atoms with van der Waals surface area (Å²) in [6.07, 6.45) is 7.87. The summed E-state index contributed by atoms with van der Waals surface area (Å²) in [7, 11) is 1.46. The molecule has 0 bridgehead atoms. The summed E-state index contributed by atoms with van der Waals surface area (Å²) in [4.78, 5) is 33.6. The van der Waals surface area contributed by atoms with Crippen LogP contribution in [0.2, 0.25) is 0 Å². The minimum absolute atomic E-state index is 0.0543. The Kier molecular flexibility index (Phi) is 13.0. The van der Waals surface area contributed by atoms with E-state index < -0.39 is 5.92 Å². The van der Waals surface area contributed by atoms with Gasteiger partial charge in [-0.25, -0.2) is 4.98 Å². The van der Waals surface area contributed by atoms with E-state index in [2.05, 4.69) is 16.9 Å². The first-order valence-electron chi connectivity index (χ1n) is 14.7. The summed E-state index contributed by atoms with van der Waals surface area (Å²) in [5, 5.41) is 31.2. The molecule has 3 aromatic rings. The zero-order valence-corrected chi connectivity index (χ0v) is 24.7. The Morgan fingerprint density at radius 1 is 1.07 bits per heavy atom. The van der Waals surface area contributed by atoms with Gasteiger partial charge >= 0.3 is 0 Å². The number of aromatic nitrogens is 2. The van der Waals surface area contributed by atoms with Crippen molar-refractivity contribution in [3.63, 3.8) is 0 Å². The molecular weight excluding hydrogens is 534 g/mol. The molecule has 9 nitrogen and oxygen atoms in total. The number of pyridine rings is 1. The van der Waals surface area contributed by atoms with Crippen LogP contribution in [0.1, 0.15) is 80.2 Å². The fraction of sp³-hybridized carbons (Fsp3) is 0.485. The van der Waals surface area contributed by atoms with Crippen molar-refractivity contribution in [3.05, 3.63) is 71.2 Å². The maximum Gasteiger partial charge on any atom is 0.161 e. The third-order valence-electron chi connectivity index (χ3n) is 7.79. The third kappa shape index (κ3) is 9.42. The fourth-order valence-electron chi connectivity index (χ4n) is 5.61. The van der Waals surface area contributed by atoms with Crippen LogP contribution >= 0.6 is 0 Å². The Hall–Kier alpha value is -3.69. The molecule has 2 aromatic heterocycles. The maximum absolute atomic E-state index is 12.7. The standard InChI is InChI=1S/C33H44N3O6/c1-3-6-22(20-37)7-4-9-27(39)19-28(40)11-10-23-15-29(33(41)30(16-23)42-2)32(24-12-14-36-31(34)18-24)25(21-38)17-26-8-5-13-35-26/h5,8,12-16,18,22,25,32,37-38,41H,3-4,6-7,9-11,17,19-21H2,1-2H3,(H2,34,36)/q-1. The second-order valence-corrected chi connectivity index (χ2v) is 11.0. The summed E-state index contributed by atoms with van der Waals surface area (Å²) in [6.45, 7) is 2.02. The Balaban J connectivity index is 1.79. The van der Waals surface area contributed by atoms with Crippen molar-refractivity contribution in [2.75, 3.05) is 26.1 Å². The van der Waals surface area contributed by atoms with Crippen molar-refractivity contribution in [1.82, 2.24) is 9.97 Å². The van der Waals surface area contributed by atoms with Gasteiger partial charge in [0.2, 0.25) is 0 Å². The SMILES string of the molecule is CCCC(CO)CCCC(=O)CC(=O)CCc1cc(OC)c(O)c(C(c2ccnc(N)c2)C(CO)Cc2ccc[n-]2)c1. The topological polar surface area (TPSA) is 157 Å². The molecule has 0 amide bonds. The number of nitrogens with zero attached hydrogens (tertiary/aromatic N) is 2. The summed E-state index contributed by atoms with van der Waals surface area (Å²) >= 11 is 0. The molecule has 228 valence electrons. The molecule has 3 atom stereocenters. The van der Waals surface area contributed by atoms with Crippen LogP contribution in [0.15, 0.2) is 48.8 Å². The normalized spacial score (nSPS) is 13.4. The second kappa shape index (κ2) is 16.7. The molecule has 0 saturated heterocycles. The average molecular weight is 579 g/mol. The number of methoxy groups -OCH3 is 1. The highest BCUT2D eigenvalue weighted by Crippen LogP contribution is 2.43. The Morgan fingerprint density at radius 3 is 2.50 bits per heavy atom. The number of carbonyl (C=O) groups is 2. The Morgan fingerprint density at radius 2 is 1.86 bits per heavy atom. The lowest BCUT2D eigenvalue weighted by Crippen LogP contribution is -2.22. The first-order valence-corrected chi connectivity index (χ1v) is 14.7. The van der Waals surface area contributed by atoms with Crippen LogP contribution in [-0.2, 0) is 22.4 Å². The number of nitrogens with two attached hydrogens (primary N) is 1. The van der Waals surface area contributed by atoms with E-state index in [0.717, 1.165) is 36.1 Å². The van der Waals surface area contributed by atoms with Crippen molar-refractivity contribution < 1.29 is 29.6 Å². The zero-order valence-electron chi connectivity index (χ0n) is 24.7. The first-order chi connectivity index (χ1) is 20.3. The van der Waals surface area contributed by atoms with Gasteiger partial charge < -0.3 is 30.8 Å². The van der Waals surface area contributed by atoms with Crippen molar-refractivity contribution >= 4 is 17.4 Å². The number of nitrogen functional groups attached to an aromatic ring is 1. The first kappa shape index (κ1) is 32.8. The number of benzene rings is 1. The van der Waals surface area contributed by atoms with Crippen LogP contribution in [0.25, 0.3) is 0 Å².